The molecule has 0 atom stereocenters. The molecule has 0 radical (unpaired) electrons. The molecule has 76 valence electrons. The lowest BCUT2D eigenvalue weighted by Crippen LogP contribution is -2.65. The first-order valence-electron chi connectivity index (χ1n) is 3.68. The maximum Gasteiger partial charge on any atom is 0.328 e. The van der Waals surface area contributed by atoms with E-state index in [1.807, 2.05) is 10.6 Å². The molecule has 1 fully saturated rings. The van der Waals surface area contributed by atoms with Crippen molar-refractivity contribution in [1.82, 2.24) is 21.3 Å². The van der Waals surface area contributed by atoms with Gasteiger partial charge in [-0.1, -0.05) is 0 Å². The van der Waals surface area contributed by atoms with Gasteiger partial charge in [-0.25, -0.2) is 4.79 Å². The fraction of sp³-hybridized carbons (Fsp3) is 0.333. The van der Waals surface area contributed by atoms with Gasteiger partial charge in [-0.15, -0.1) is 0 Å². The molecule has 1 saturated heterocycles. The van der Waals surface area contributed by atoms with E-state index in [2.05, 4.69) is 10.6 Å². The van der Waals surface area contributed by atoms with Crippen molar-refractivity contribution in [1.29, 1.82) is 0 Å². The molecule has 0 bridgehead atoms. The van der Waals surface area contributed by atoms with Gasteiger partial charge in [0, 0.05) is 7.05 Å². The average molecular weight is 216 g/mol. The van der Waals surface area contributed by atoms with Crippen molar-refractivity contribution in [2.24, 2.45) is 0 Å². The summed E-state index contributed by atoms with van der Waals surface area (Å²) in [5.74, 6) is -1.45. The second-order valence-electron chi connectivity index (χ2n) is 2.46. The van der Waals surface area contributed by atoms with Gasteiger partial charge in [0.2, 0.25) is 0 Å². The van der Waals surface area contributed by atoms with E-state index in [0.29, 0.717) is 0 Å². The van der Waals surface area contributed by atoms with E-state index < -0.39 is 23.9 Å². The third kappa shape index (κ3) is 2.16. The maximum atomic E-state index is 11.1. The van der Waals surface area contributed by atoms with Crippen LogP contribution >= 0.6 is 12.2 Å². The molecule has 1 heterocycles. The number of hydrogen-bond donors (Lipinski definition) is 4. The zero-order chi connectivity index (χ0) is 10.7. The van der Waals surface area contributed by atoms with E-state index in [9.17, 15) is 14.4 Å². The van der Waals surface area contributed by atoms with Crippen LogP contribution in [-0.4, -0.2) is 36.0 Å². The van der Waals surface area contributed by atoms with Gasteiger partial charge < -0.3 is 10.6 Å². The first kappa shape index (κ1) is 10.4. The molecule has 0 aliphatic carbocycles. The Morgan fingerprint density at radius 3 is 2.21 bits per heavy atom. The fourth-order valence-corrected chi connectivity index (χ4v) is 0.971. The first-order chi connectivity index (χ1) is 6.54. The topological polar surface area (TPSA) is 99.3 Å². The fourth-order valence-electron chi connectivity index (χ4n) is 0.853. The smallest absolute Gasteiger partial charge is 0.328 e. The molecule has 0 saturated carbocycles. The monoisotopic (exact) mass is 216 g/mol. The van der Waals surface area contributed by atoms with Crippen molar-refractivity contribution >= 4 is 35.2 Å². The van der Waals surface area contributed by atoms with E-state index in [1.165, 1.54) is 0 Å². The number of rotatable bonds is 1. The van der Waals surface area contributed by atoms with E-state index in [0.717, 1.165) is 0 Å². The average Bonchev–Trinajstić information content (AvgIpc) is 2.10. The van der Waals surface area contributed by atoms with Crippen LogP contribution in [0.5, 0.6) is 0 Å². The number of carbonyl (C=O) groups excluding carboxylic acids is 3. The highest BCUT2D eigenvalue weighted by atomic mass is 32.1. The molecule has 0 aromatic rings. The summed E-state index contributed by atoms with van der Waals surface area (Å²) in [7, 11) is 1.54. The van der Waals surface area contributed by atoms with Crippen LogP contribution < -0.4 is 21.3 Å². The van der Waals surface area contributed by atoms with Crippen LogP contribution in [-0.2, 0) is 9.59 Å². The van der Waals surface area contributed by atoms with Gasteiger partial charge in [-0.3, -0.25) is 20.2 Å². The summed E-state index contributed by atoms with van der Waals surface area (Å²) in [5, 5.41) is 8.98. The molecule has 7 nitrogen and oxygen atoms in total. The zero-order valence-electron chi connectivity index (χ0n) is 7.21. The molecule has 14 heavy (non-hydrogen) atoms. The Labute approximate surface area is 84.6 Å². The van der Waals surface area contributed by atoms with Crippen molar-refractivity contribution in [3.8, 4) is 0 Å². The summed E-state index contributed by atoms with van der Waals surface area (Å²) in [5.41, 5.74) is 0. The van der Waals surface area contributed by atoms with E-state index in [4.69, 9.17) is 12.2 Å². The molecular formula is C6H8N4O3S. The summed E-state index contributed by atoms with van der Waals surface area (Å²) in [6, 6.07) is -2.00. The Morgan fingerprint density at radius 2 is 1.79 bits per heavy atom. The number of thiocarbonyl (C=S) groups is 1. The number of carbonyl (C=O) groups is 3. The third-order valence-corrected chi connectivity index (χ3v) is 1.82. The highest BCUT2D eigenvalue weighted by Crippen LogP contribution is 1.91. The molecule has 1 aliphatic rings. The molecule has 4 amide bonds. The largest absolute Gasteiger partial charge is 0.366 e. The summed E-state index contributed by atoms with van der Waals surface area (Å²) in [6.45, 7) is 0. The molecule has 0 spiro atoms. The first-order valence-corrected chi connectivity index (χ1v) is 4.09. The predicted molar refractivity (Wildman–Crippen MR) is 50.3 cm³/mol. The van der Waals surface area contributed by atoms with Crippen LogP contribution in [0, 0.1) is 0 Å². The van der Waals surface area contributed by atoms with Crippen molar-refractivity contribution in [3.63, 3.8) is 0 Å². The molecule has 8 heteroatoms. The summed E-state index contributed by atoms with van der Waals surface area (Å²) >= 11 is 4.70. The zero-order valence-corrected chi connectivity index (χ0v) is 8.03. The Kier molecular flexibility index (Phi) is 2.97. The van der Waals surface area contributed by atoms with Crippen LogP contribution in [0.3, 0.4) is 0 Å². The van der Waals surface area contributed by atoms with Crippen LogP contribution in [0.2, 0.25) is 0 Å². The number of barbiturate groups is 1. The van der Waals surface area contributed by atoms with Gasteiger partial charge in [0.15, 0.2) is 11.2 Å². The van der Waals surface area contributed by atoms with Gasteiger partial charge in [-0.2, -0.15) is 0 Å². The van der Waals surface area contributed by atoms with Crippen LogP contribution in [0.4, 0.5) is 4.79 Å². The van der Waals surface area contributed by atoms with E-state index in [1.54, 1.807) is 7.05 Å². The highest BCUT2D eigenvalue weighted by molar-refractivity contribution is 7.80. The quantitative estimate of drug-likeness (QED) is 0.294. The SMILES string of the molecule is CNC(=S)NC1C(=O)NC(=O)NC1=O. The Bertz CT molecular complexity index is 296. The van der Waals surface area contributed by atoms with Crippen molar-refractivity contribution in [3.05, 3.63) is 0 Å². The standard InChI is InChI=1S/C6H8N4O3S/c1-7-6(14)8-2-3(11)9-5(13)10-4(2)12/h2H,1H3,(H2,7,8,14)(H2,9,10,11,12,13). The normalized spacial score (nSPS) is 17.1. The molecular weight excluding hydrogens is 208 g/mol. The van der Waals surface area contributed by atoms with Gasteiger partial charge in [0.05, 0.1) is 0 Å². The van der Waals surface area contributed by atoms with E-state index >= 15 is 0 Å². The Morgan fingerprint density at radius 1 is 1.29 bits per heavy atom. The lowest BCUT2D eigenvalue weighted by atomic mass is 10.2. The highest BCUT2D eigenvalue weighted by Gasteiger charge is 2.34. The predicted octanol–water partition coefficient (Wildman–Crippen LogP) is -2.19. The van der Waals surface area contributed by atoms with Crippen molar-refractivity contribution in [2.45, 2.75) is 6.04 Å². The second-order valence-corrected chi connectivity index (χ2v) is 2.87. The molecule has 0 aromatic carbocycles. The minimum atomic E-state index is -1.17. The lowest BCUT2D eigenvalue weighted by molar-refractivity contribution is -0.132. The number of hydrogen-bond acceptors (Lipinski definition) is 4. The van der Waals surface area contributed by atoms with Crippen LogP contribution in [0.1, 0.15) is 0 Å². The molecule has 4 N–H and O–H groups in total. The number of nitrogens with one attached hydrogen (secondary N) is 4. The summed E-state index contributed by atoms with van der Waals surface area (Å²) in [4.78, 5) is 32.9. The number of amides is 4. The van der Waals surface area contributed by atoms with Crippen LogP contribution in [0.25, 0.3) is 0 Å². The second kappa shape index (κ2) is 4.01. The Balaban J connectivity index is 2.68. The van der Waals surface area contributed by atoms with Crippen LogP contribution in [0.15, 0.2) is 0 Å². The summed E-state index contributed by atoms with van der Waals surface area (Å²) < 4.78 is 0. The van der Waals surface area contributed by atoms with Gasteiger partial charge in [0.1, 0.15) is 0 Å². The molecule has 1 rings (SSSR count). The summed E-state index contributed by atoms with van der Waals surface area (Å²) in [6.07, 6.45) is 0. The van der Waals surface area contributed by atoms with Crippen molar-refractivity contribution in [2.75, 3.05) is 7.05 Å². The minimum Gasteiger partial charge on any atom is -0.366 e. The molecule has 0 aromatic heterocycles. The van der Waals surface area contributed by atoms with Gasteiger partial charge in [-0.05, 0) is 12.2 Å². The minimum absolute atomic E-state index is 0.148. The van der Waals surface area contributed by atoms with Gasteiger partial charge >= 0.3 is 6.03 Å². The Hall–Kier alpha value is -1.70. The molecule has 1 aliphatic heterocycles. The van der Waals surface area contributed by atoms with Crippen molar-refractivity contribution < 1.29 is 14.4 Å². The third-order valence-electron chi connectivity index (χ3n) is 1.50. The maximum absolute atomic E-state index is 11.1. The van der Waals surface area contributed by atoms with E-state index in [-0.39, 0.29) is 5.11 Å². The number of urea groups is 1. The lowest BCUT2D eigenvalue weighted by Gasteiger charge is -2.22. The molecule has 0 unspecified atom stereocenters. The van der Waals surface area contributed by atoms with Gasteiger partial charge in [0.25, 0.3) is 11.8 Å². The number of imide groups is 2.